The van der Waals surface area contributed by atoms with Crippen molar-refractivity contribution in [1.82, 2.24) is 0 Å². The van der Waals surface area contributed by atoms with Crippen LogP contribution in [-0.2, 0) is 4.79 Å². The number of nitrogens with one attached hydrogen (secondary N) is 2. The van der Waals surface area contributed by atoms with Crippen molar-refractivity contribution in [1.29, 1.82) is 5.26 Å². The molecule has 2 aromatic rings. The van der Waals surface area contributed by atoms with E-state index in [-0.39, 0.29) is 10.6 Å². The molecular formula is C17H13Cl2N3O2. The van der Waals surface area contributed by atoms with Crippen LogP contribution in [0.1, 0.15) is 0 Å². The van der Waals surface area contributed by atoms with Crippen molar-refractivity contribution in [2.75, 3.05) is 17.7 Å². The second-order valence-corrected chi connectivity index (χ2v) is 5.44. The molecule has 0 saturated carbocycles. The Morgan fingerprint density at radius 2 is 1.96 bits per heavy atom. The summed E-state index contributed by atoms with van der Waals surface area (Å²) >= 11 is 11.8. The summed E-state index contributed by atoms with van der Waals surface area (Å²) in [5.41, 5.74) is 0.876. The molecule has 0 aliphatic rings. The first-order chi connectivity index (χ1) is 11.5. The summed E-state index contributed by atoms with van der Waals surface area (Å²) < 4.78 is 5.19. The zero-order valence-electron chi connectivity index (χ0n) is 12.6. The first kappa shape index (κ1) is 17.7. The summed E-state index contributed by atoms with van der Waals surface area (Å²) in [6.45, 7) is 0. The Morgan fingerprint density at radius 3 is 2.62 bits per heavy atom. The minimum Gasteiger partial charge on any atom is -0.495 e. The second kappa shape index (κ2) is 8.25. The molecule has 2 rings (SSSR count). The fourth-order valence-electron chi connectivity index (χ4n) is 1.84. The number of halogens is 2. The van der Waals surface area contributed by atoms with Crippen molar-refractivity contribution in [3.8, 4) is 11.8 Å². The number of methoxy groups -OCH3 is 1. The number of nitriles is 1. The minimum absolute atomic E-state index is 0.119. The van der Waals surface area contributed by atoms with Gasteiger partial charge in [-0.05, 0) is 30.3 Å². The average Bonchev–Trinajstić information content (AvgIpc) is 2.58. The molecule has 2 aromatic carbocycles. The van der Waals surface area contributed by atoms with Gasteiger partial charge in [0.15, 0.2) is 0 Å². The van der Waals surface area contributed by atoms with Gasteiger partial charge in [0.25, 0.3) is 5.91 Å². The molecule has 0 atom stereocenters. The Labute approximate surface area is 149 Å². The molecule has 0 spiro atoms. The number of nitrogens with zero attached hydrogens (tertiary/aromatic N) is 1. The molecule has 0 aromatic heterocycles. The maximum atomic E-state index is 12.2. The third-order valence-corrected chi connectivity index (χ3v) is 3.57. The summed E-state index contributed by atoms with van der Waals surface area (Å²) in [6.07, 6.45) is 1.30. The van der Waals surface area contributed by atoms with E-state index in [1.54, 1.807) is 30.3 Å². The Bertz CT molecular complexity index is 829. The number of hydrogen-bond acceptors (Lipinski definition) is 4. The van der Waals surface area contributed by atoms with Crippen molar-refractivity contribution in [3.05, 3.63) is 64.3 Å². The van der Waals surface area contributed by atoms with Crippen LogP contribution >= 0.6 is 23.2 Å². The normalized spacial score (nSPS) is 10.7. The summed E-state index contributed by atoms with van der Waals surface area (Å²) in [7, 11) is 1.53. The van der Waals surface area contributed by atoms with Crippen LogP contribution in [0.3, 0.4) is 0 Å². The Balaban J connectivity index is 2.15. The molecule has 24 heavy (non-hydrogen) atoms. The molecule has 0 radical (unpaired) electrons. The molecule has 0 fully saturated rings. The van der Waals surface area contributed by atoms with Crippen LogP contribution in [0.5, 0.6) is 5.75 Å². The van der Waals surface area contributed by atoms with Gasteiger partial charge < -0.3 is 15.4 Å². The van der Waals surface area contributed by atoms with E-state index < -0.39 is 5.91 Å². The lowest BCUT2D eigenvalue weighted by molar-refractivity contribution is -0.112. The molecule has 122 valence electrons. The standard InChI is InChI=1S/C17H13Cl2N3O2/c1-24-16-5-3-2-4-15(16)21-10-11(9-20)17(23)22-14-7-6-12(18)8-13(14)19/h2-8,10,21H,1H3,(H,22,23)/b11-10-. The van der Waals surface area contributed by atoms with Crippen LogP contribution in [0.4, 0.5) is 11.4 Å². The molecule has 0 aliphatic heterocycles. The van der Waals surface area contributed by atoms with Gasteiger partial charge in [0.05, 0.1) is 23.5 Å². The number of hydrogen-bond donors (Lipinski definition) is 2. The van der Waals surface area contributed by atoms with Crippen molar-refractivity contribution in [2.45, 2.75) is 0 Å². The molecule has 0 unspecified atom stereocenters. The third kappa shape index (κ3) is 4.42. The maximum Gasteiger partial charge on any atom is 0.267 e. The monoisotopic (exact) mass is 361 g/mol. The number of anilines is 2. The lowest BCUT2D eigenvalue weighted by Crippen LogP contribution is -2.15. The van der Waals surface area contributed by atoms with Gasteiger partial charge in [-0.1, -0.05) is 35.3 Å². The number of para-hydroxylation sites is 2. The summed E-state index contributed by atoms with van der Waals surface area (Å²) in [4.78, 5) is 12.2. The predicted octanol–water partition coefficient (Wildman–Crippen LogP) is 4.46. The molecule has 0 heterocycles. The van der Waals surface area contributed by atoms with Crippen molar-refractivity contribution < 1.29 is 9.53 Å². The van der Waals surface area contributed by atoms with E-state index in [1.165, 1.54) is 19.4 Å². The SMILES string of the molecule is COc1ccccc1N/C=C(/C#N)C(=O)Nc1ccc(Cl)cc1Cl. The maximum absolute atomic E-state index is 12.2. The second-order valence-electron chi connectivity index (χ2n) is 4.59. The number of carbonyl (C=O) groups excluding carboxylic acids is 1. The van der Waals surface area contributed by atoms with E-state index in [0.717, 1.165) is 0 Å². The third-order valence-electron chi connectivity index (χ3n) is 3.02. The average molecular weight is 362 g/mol. The highest BCUT2D eigenvalue weighted by Gasteiger charge is 2.12. The van der Waals surface area contributed by atoms with Gasteiger partial charge in [-0.15, -0.1) is 0 Å². The van der Waals surface area contributed by atoms with E-state index in [4.69, 9.17) is 27.9 Å². The van der Waals surface area contributed by atoms with Crippen LogP contribution < -0.4 is 15.4 Å². The highest BCUT2D eigenvalue weighted by atomic mass is 35.5. The van der Waals surface area contributed by atoms with Gasteiger partial charge in [0.1, 0.15) is 17.4 Å². The van der Waals surface area contributed by atoms with E-state index >= 15 is 0 Å². The highest BCUT2D eigenvalue weighted by molar-refractivity contribution is 6.36. The number of ether oxygens (including phenoxy) is 1. The summed E-state index contributed by atoms with van der Waals surface area (Å²) in [5.74, 6) is -0.00341. The molecule has 7 heteroatoms. The number of carbonyl (C=O) groups is 1. The minimum atomic E-state index is -0.593. The van der Waals surface area contributed by atoms with E-state index in [0.29, 0.717) is 22.1 Å². The van der Waals surface area contributed by atoms with Gasteiger partial charge in [0.2, 0.25) is 0 Å². The molecule has 0 bridgehead atoms. The number of benzene rings is 2. The van der Waals surface area contributed by atoms with Crippen molar-refractivity contribution in [3.63, 3.8) is 0 Å². The zero-order valence-corrected chi connectivity index (χ0v) is 14.2. The molecule has 1 amide bonds. The molecule has 0 aliphatic carbocycles. The first-order valence-corrected chi connectivity index (χ1v) is 7.57. The topological polar surface area (TPSA) is 74.1 Å². The smallest absolute Gasteiger partial charge is 0.267 e. The largest absolute Gasteiger partial charge is 0.495 e. The van der Waals surface area contributed by atoms with Crippen LogP contribution in [-0.4, -0.2) is 13.0 Å². The lowest BCUT2D eigenvalue weighted by Gasteiger charge is -2.09. The fourth-order valence-corrected chi connectivity index (χ4v) is 2.30. The Kier molecular flexibility index (Phi) is 6.07. The number of amides is 1. The van der Waals surface area contributed by atoms with Gasteiger partial charge in [-0.2, -0.15) is 5.26 Å². The predicted molar refractivity (Wildman–Crippen MR) is 95.4 cm³/mol. The summed E-state index contributed by atoms with van der Waals surface area (Å²) in [5, 5.41) is 15.4. The zero-order chi connectivity index (χ0) is 17.5. The van der Waals surface area contributed by atoms with Crippen LogP contribution in [0.15, 0.2) is 54.2 Å². The van der Waals surface area contributed by atoms with Gasteiger partial charge in [0, 0.05) is 11.2 Å². The van der Waals surface area contributed by atoms with E-state index in [2.05, 4.69) is 10.6 Å². The molecule has 2 N–H and O–H groups in total. The van der Waals surface area contributed by atoms with Gasteiger partial charge in [-0.3, -0.25) is 4.79 Å². The molecular weight excluding hydrogens is 349 g/mol. The van der Waals surface area contributed by atoms with Crippen molar-refractivity contribution >= 4 is 40.5 Å². The Hall–Kier alpha value is -2.68. The van der Waals surface area contributed by atoms with Gasteiger partial charge in [-0.25, -0.2) is 0 Å². The Morgan fingerprint density at radius 1 is 1.21 bits per heavy atom. The van der Waals surface area contributed by atoms with E-state index in [1.807, 2.05) is 12.1 Å². The van der Waals surface area contributed by atoms with Gasteiger partial charge >= 0.3 is 0 Å². The van der Waals surface area contributed by atoms with Crippen molar-refractivity contribution in [2.24, 2.45) is 0 Å². The molecule has 5 nitrogen and oxygen atoms in total. The first-order valence-electron chi connectivity index (χ1n) is 6.81. The quantitative estimate of drug-likeness (QED) is 0.608. The summed E-state index contributed by atoms with van der Waals surface area (Å²) in [6, 6.07) is 13.6. The van der Waals surface area contributed by atoms with E-state index in [9.17, 15) is 10.1 Å². The number of rotatable bonds is 5. The van der Waals surface area contributed by atoms with Crippen LogP contribution in [0.25, 0.3) is 0 Å². The molecule has 0 saturated heterocycles. The fraction of sp³-hybridized carbons (Fsp3) is 0.0588. The highest BCUT2D eigenvalue weighted by Crippen LogP contribution is 2.26. The van der Waals surface area contributed by atoms with Crippen LogP contribution in [0.2, 0.25) is 10.0 Å². The lowest BCUT2D eigenvalue weighted by atomic mass is 10.2. The van der Waals surface area contributed by atoms with Crippen LogP contribution in [0, 0.1) is 11.3 Å².